The predicted octanol–water partition coefficient (Wildman–Crippen LogP) is 11.9. The van der Waals surface area contributed by atoms with Gasteiger partial charge in [-0.25, -0.2) is 0 Å². The van der Waals surface area contributed by atoms with Gasteiger partial charge in [-0.1, -0.05) is 139 Å². The first-order valence-corrected chi connectivity index (χ1v) is 23.1. The van der Waals surface area contributed by atoms with Crippen LogP contribution in [0.3, 0.4) is 0 Å². The Bertz CT molecular complexity index is 2040. The topological polar surface area (TPSA) is 75.6 Å². The van der Waals surface area contributed by atoms with Gasteiger partial charge in [-0.2, -0.15) is 0 Å². The molecule has 62 heavy (non-hydrogen) atoms. The smallest absolute Gasteiger partial charge is 0.126 e. The van der Waals surface area contributed by atoms with Crippen LogP contribution in [0.25, 0.3) is 0 Å². The van der Waals surface area contributed by atoms with Crippen LogP contribution in [0, 0.1) is 0 Å². The van der Waals surface area contributed by atoms with E-state index in [4.69, 9.17) is 28.4 Å². The summed E-state index contributed by atoms with van der Waals surface area (Å²) < 4.78 is 38.7. The van der Waals surface area contributed by atoms with Crippen molar-refractivity contribution in [3.05, 3.63) is 115 Å². The highest BCUT2D eigenvalue weighted by Gasteiger charge is 2.29. The van der Waals surface area contributed by atoms with Crippen LogP contribution in [0.1, 0.15) is 163 Å². The Labute approximate surface area is 373 Å². The summed E-state index contributed by atoms with van der Waals surface area (Å²) in [6.45, 7) is 33.4. The van der Waals surface area contributed by atoms with Gasteiger partial charge in [0.2, 0.25) is 0 Å². The Morgan fingerprint density at radius 1 is 0.419 bits per heavy atom. The highest BCUT2D eigenvalue weighted by molar-refractivity contribution is 5.59. The van der Waals surface area contributed by atoms with Crippen LogP contribution in [-0.4, -0.2) is 64.6 Å². The second kappa shape index (κ2) is 19.4. The van der Waals surface area contributed by atoms with Gasteiger partial charge in [-0.05, 0) is 94.8 Å². The van der Waals surface area contributed by atoms with Crippen molar-refractivity contribution in [3.8, 4) is 23.0 Å². The molecular formula is C55H76O7. The van der Waals surface area contributed by atoms with Gasteiger partial charge < -0.3 is 33.5 Å². The third-order valence-electron chi connectivity index (χ3n) is 12.1. The van der Waals surface area contributed by atoms with Gasteiger partial charge >= 0.3 is 0 Å². The van der Waals surface area contributed by atoms with Gasteiger partial charge in [0.15, 0.2) is 0 Å². The summed E-state index contributed by atoms with van der Waals surface area (Å²) in [6, 6.07) is 18.4. The lowest BCUT2D eigenvalue weighted by Crippen LogP contribution is -2.19. The number of fused-ring (bicyclic) bond motifs is 2. The van der Waals surface area contributed by atoms with E-state index in [2.05, 4.69) is 139 Å². The van der Waals surface area contributed by atoms with Crippen molar-refractivity contribution in [2.24, 2.45) is 0 Å². The van der Waals surface area contributed by atoms with E-state index in [9.17, 15) is 5.11 Å². The lowest BCUT2D eigenvalue weighted by Gasteiger charge is -2.29. The summed E-state index contributed by atoms with van der Waals surface area (Å²) in [4.78, 5) is 0. The first kappa shape index (κ1) is 47.4. The van der Waals surface area contributed by atoms with Crippen molar-refractivity contribution >= 4 is 0 Å². The van der Waals surface area contributed by atoms with Gasteiger partial charge in [-0.15, -0.1) is 0 Å². The number of phenolic OH excluding ortho intramolecular Hbond substituents is 1. The van der Waals surface area contributed by atoms with Crippen molar-refractivity contribution in [3.63, 3.8) is 0 Å². The third kappa shape index (κ3) is 11.7. The van der Waals surface area contributed by atoms with E-state index < -0.39 is 0 Å². The Morgan fingerprint density at radius 2 is 0.694 bits per heavy atom. The largest absolute Gasteiger partial charge is 0.507 e. The molecule has 338 valence electrons. The molecule has 1 aliphatic heterocycles. The summed E-state index contributed by atoms with van der Waals surface area (Å²) >= 11 is 0. The van der Waals surface area contributed by atoms with Crippen molar-refractivity contribution in [2.75, 3.05) is 59.5 Å². The van der Waals surface area contributed by atoms with Crippen LogP contribution in [-0.2, 0) is 61.6 Å². The predicted molar refractivity (Wildman–Crippen MR) is 253 cm³/mol. The SMILES string of the molecule is CCCOc1c2cc(C(C)(C)C)cc1Cc1cc(C(C)(C)C)cc3c1OCCOCCOCCOCCOc1c(cc(C(C)(C)C)cc1C2)Cc1cc(C(C)(C)C)cc(c1O)C3. The fourth-order valence-corrected chi connectivity index (χ4v) is 8.34. The number of hydrogen-bond acceptors (Lipinski definition) is 7. The average Bonchev–Trinajstić information content (AvgIpc) is 3.16. The van der Waals surface area contributed by atoms with Crippen LogP contribution in [0.4, 0.5) is 0 Å². The van der Waals surface area contributed by atoms with Crippen molar-refractivity contribution < 1.29 is 33.5 Å². The first-order valence-electron chi connectivity index (χ1n) is 23.1. The number of rotatable bonds is 3. The number of aromatic hydroxyl groups is 1. The molecule has 0 saturated heterocycles. The third-order valence-corrected chi connectivity index (χ3v) is 12.1. The summed E-state index contributed by atoms with van der Waals surface area (Å²) in [6.07, 6.45) is 3.07. The molecule has 0 atom stereocenters. The maximum atomic E-state index is 12.6. The molecule has 0 aromatic heterocycles. The molecule has 0 radical (unpaired) electrons. The second-order valence-corrected chi connectivity index (χ2v) is 21.6. The molecule has 6 rings (SSSR count). The highest BCUT2D eigenvalue weighted by Crippen LogP contribution is 2.44. The zero-order valence-corrected chi connectivity index (χ0v) is 40.4. The summed E-state index contributed by atoms with van der Waals surface area (Å²) in [7, 11) is 0. The quantitative estimate of drug-likeness (QED) is 0.194. The van der Waals surface area contributed by atoms with Crippen LogP contribution >= 0.6 is 0 Å². The molecule has 1 aliphatic carbocycles. The van der Waals surface area contributed by atoms with Gasteiger partial charge in [0, 0.05) is 25.7 Å². The summed E-state index contributed by atoms with van der Waals surface area (Å²) in [5, 5.41) is 12.6. The molecule has 4 aromatic carbocycles. The molecular weight excluding hydrogens is 773 g/mol. The van der Waals surface area contributed by atoms with Crippen LogP contribution in [0.15, 0.2) is 48.5 Å². The zero-order valence-electron chi connectivity index (χ0n) is 40.4. The van der Waals surface area contributed by atoms with E-state index in [1.54, 1.807) is 0 Å². The monoisotopic (exact) mass is 849 g/mol. The van der Waals surface area contributed by atoms with Gasteiger partial charge in [0.25, 0.3) is 0 Å². The molecule has 1 N–H and O–H groups in total. The van der Waals surface area contributed by atoms with E-state index in [0.717, 1.165) is 68.2 Å². The molecule has 0 amide bonds. The van der Waals surface area contributed by atoms with Crippen LogP contribution in [0.5, 0.6) is 23.0 Å². The van der Waals surface area contributed by atoms with E-state index in [1.165, 1.54) is 22.3 Å². The number of benzene rings is 4. The molecule has 0 spiro atoms. The number of ether oxygens (including phenoxy) is 6. The van der Waals surface area contributed by atoms with Crippen LogP contribution in [0.2, 0.25) is 0 Å². The Balaban J connectivity index is 1.75. The standard InChI is InChI=1S/C55H76O7/c1-14-15-60-49-40-26-42-34-45(53(5,6)7)30-38-24-36-28-44(52(2,3)4)29-37(48(36)56)25-39-31-46(54(8,9)10)35-43(27-41(49)33-47(32-40)55(11,12)13)51(39)62-23-21-59-19-17-57-16-18-58-20-22-61-50(38)42/h28-35,56H,14-27H2,1-13H3. The lowest BCUT2D eigenvalue weighted by atomic mass is 9.79. The van der Waals surface area contributed by atoms with E-state index in [0.29, 0.717) is 90.9 Å². The van der Waals surface area contributed by atoms with Crippen molar-refractivity contribution in [1.29, 1.82) is 0 Å². The Morgan fingerprint density at radius 3 is 1.00 bits per heavy atom. The van der Waals surface area contributed by atoms with E-state index in [-0.39, 0.29) is 21.7 Å². The molecule has 0 unspecified atom stereocenters. The minimum absolute atomic E-state index is 0.127. The Kier molecular flexibility index (Phi) is 14.8. The molecule has 0 fully saturated rings. The first-order chi connectivity index (χ1) is 29.1. The molecule has 7 heteroatoms. The molecule has 2 aliphatic rings. The van der Waals surface area contributed by atoms with Gasteiger partial charge in [0.1, 0.15) is 36.2 Å². The minimum atomic E-state index is -0.167. The fraction of sp³-hybridized carbons (Fsp3) is 0.564. The normalized spacial score (nSPS) is 16.3. The minimum Gasteiger partial charge on any atom is -0.507 e. The second-order valence-electron chi connectivity index (χ2n) is 21.6. The summed E-state index contributed by atoms with van der Waals surface area (Å²) in [5.74, 6) is 2.93. The van der Waals surface area contributed by atoms with Crippen LogP contribution < -0.4 is 14.2 Å². The number of hydrogen-bond donors (Lipinski definition) is 1. The highest BCUT2D eigenvalue weighted by atomic mass is 16.6. The van der Waals surface area contributed by atoms with Gasteiger partial charge in [0.05, 0.1) is 46.2 Å². The lowest BCUT2D eigenvalue weighted by molar-refractivity contribution is 0.00484. The molecule has 1 heterocycles. The van der Waals surface area contributed by atoms with Crippen molar-refractivity contribution in [2.45, 2.75) is 144 Å². The molecule has 0 saturated carbocycles. The summed E-state index contributed by atoms with van der Waals surface area (Å²) in [5.41, 5.74) is 12.6. The molecule has 10 bridgehead atoms. The maximum Gasteiger partial charge on any atom is 0.126 e. The fourth-order valence-electron chi connectivity index (χ4n) is 8.34. The maximum absolute atomic E-state index is 12.6. The molecule has 7 nitrogen and oxygen atoms in total. The Hall–Kier alpha value is -4.04. The van der Waals surface area contributed by atoms with Crippen molar-refractivity contribution in [1.82, 2.24) is 0 Å². The number of phenols is 1. The van der Waals surface area contributed by atoms with E-state index in [1.807, 2.05) is 0 Å². The van der Waals surface area contributed by atoms with Gasteiger partial charge in [-0.3, -0.25) is 0 Å². The van der Waals surface area contributed by atoms with E-state index >= 15 is 0 Å². The molecule has 4 aromatic rings. The zero-order chi connectivity index (χ0) is 45.0. The average molecular weight is 849 g/mol.